The van der Waals surface area contributed by atoms with Crippen molar-refractivity contribution in [3.63, 3.8) is 0 Å². The van der Waals surface area contributed by atoms with Crippen LogP contribution in [0.5, 0.6) is 5.75 Å². The van der Waals surface area contributed by atoms with Crippen LogP contribution in [-0.4, -0.2) is 30.1 Å². The number of amides is 3. The molecule has 0 spiro atoms. The average molecular weight is 354 g/mol. The average Bonchev–Trinajstić information content (AvgIpc) is 2.62. The Morgan fingerprint density at radius 2 is 2.15 bits per heavy atom. The fourth-order valence-corrected chi connectivity index (χ4v) is 2.81. The van der Waals surface area contributed by atoms with Gasteiger partial charge < -0.3 is 20.3 Å². The summed E-state index contributed by atoms with van der Waals surface area (Å²) in [5.41, 5.74) is 3.11. The van der Waals surface area contributed by atoms with E-state index in [1.807, 2.05) is 32.9 Å². The predicted molar refractivity (Wildman–Crippen MR) is 99.5 cm³/mol. The molecule has 0 saturated heterocycles. The van der Waals surface area contributed by atoms with Gasteiger partial charge in [-0.05, 0) is 50.6 Å². The first-order valence-corrected chi connectivity index (χ1v) is 8.55. The molecule has 136 valence electrons. The SMILES string of the molecule is CCN1C(=O)COc2ccc(NC(=O)N[C@H](C)c3ccc(C)nc3)cc21. The van der Waals surface area contributed by atoms with Crippen LogP contribution in [0, 0.1) is 6.92 Å². The Kier molecular flexibility index (Phi) is 5.06. The lowest BCUT2D eigenvalue weighted by Gasteiger charge is -2.28. The lowest BCUT2D eigenvalue weighted by molar-refractivity contribution is -0.121. The summed E-state index contributed by atoms with van der Waals surface area (Å²) in [6.45, 7) is 6.29. The van der Waals surface area contributed by atoms with Gasteiger partial charge in [-0.25, -0.2) is 4.79 Å². The van der Waals surface area contributed by atoms with Crippen molar-refractivity contribution in [2.45, 2.75) is 26.8 Å². The molecule has 7 heteroatoms. The second kappa shape index (κ2) is 7.43. The number of hydrogen-bond donors (Lipinski definition) is 2. The molecular formula is C19H22N4O3. The van der Waals surface area contributed by atoms with E-state index in [1.165, 1.54) is 0 Å². The molecule has 3 amide bonds. The van der Waals surface area contributed by atoms with Crippen LogP contribution in [0.3, 0.4) is 0 Å². The maximum atomic E-state index is 12.3. The van der Waals surface area contributed by atoms with Gasteiger partial charge in [0.25, 0.3) is 5.91 Å². The smallest absolute Gasteiger partial charge is 0.319 e. The van der Waals surface area contributed by atoms with E-state index in [9.17, 15) is 9.59 Å². The Labute approximate surface area is 152 Å². The maximum Gasteiger partial charge on any atom is 0.319 e. The molecule has 1 aliphatic rings. The Balaban J connectivity index is 1.69. The Morgan fingerprint density at radius 1 is 1.35 bits per heavy atom. The van der Waals surface area contributed by atoms with Crippen molar-refractivity contribution in [3.8, 4) is 5.75 Å². The van der Waals surface area contributed by atoms with Crippen molar-refractivity contribution in [1.29, 1.82) is 0 Å². The Bertz CT molecular complexity index is 820. The molecule has 2 heterocycles. The third-order valence-corrected chi connectivity index (χ3v) is 4.26. The number of nitrogens with one attached hydrogen (secondary N) is 2. The number of likely N-dealkylation sites (N-methyl/N-ethyl adjacent to an activating group) is 1. The molecule has 0 radical (unpaired) electrons. The predicted octanol–water partition coefficient (Wildman–Crippen LogP) is 3.02. The van der Waals surface area contributed by atoms with Crippen molar-refractivity contribution >= 4 is 23.3 Å². The first-order chi connectivity index (χ1) is 12.5. The number of urea groups is 1. The van der Waals surface area contributed by atoms with Crippen LogP contribution in [0.25, 0.3) is 0 Å². The Hall–Kier alpha value is -3.09. The molecule has 0 bridgehead atoms. The minimum atomic E-state index is -0.330. The normalized spacial score (nSPS) is 14.3. The highest BCUT2D eigenvalue weighted by Crippen LogP contribution is 2.34. The number of carbonyl (C=O) groups is 2. The third kappa shape index (κ3) is 3.77. The van der Waals surface area contributed by atoms with Crippen LogP contribution in [0.2, 0.25) is 0 Å². The largest absolute Gasteiger partial charge is 0.482 e. The van der Waals surface area contributed by atoms with E-state index in [4.69, 9.17) is 4.74 Å². The molecule has 7 nitrogen and oxygen atoms in total. The molecule has 0 unspecified atom stereocenters. The maximum absolute atomic E-state index is 12.3. The van der Waals surface area contributed by atoms with E-state index in [0.29, 0.717) is 23.7 Å². The van der Waals surface area contributed by atoms with Gasteiger partial charge in [-0.15, -0.1) is 0 Å². The summed E-state index contributed by atoms with van der Waals surface area (Å²) in [5, 5.41) is 5.68. The van der Waals surface area contributed by atoms with Crippen molar-refractivity contribution in [2.75, 3.05) is 23.4 Å². The number of carbonyl (C=O) groups excluding carboxylic acids is 2. The molecule has 1 aromatic carbocycles. The monoisotopic (exact) mass is 354 g/mol. The molecule has 26 heavy (non-hydrogen) atoms. The second-order valence-electron chi connectivity index (χ2n) is 6.16. The van der Waals surface area contributed by atoms with E-state index >= 15 is 0 Å². The lowest BCUT2D eigenvalue weighted by Crippen LogP contribution is -2.38. The van der Waals surface area contributed by atoms with Crippen LogP contribution in [0.15, 0.2) is 36.5 Å². The molecule has 0 aliphatic carbocycles. The summed E-state index contributed by atoms with van der Waals surface area (Å²) in [5.74, 6) is 0.540. The fraction of sp³-hybridized carbons (Fsp3) is 0.316. The first kappa shape index (κ1) is 17.7. The number of ether oxygens (including phenoxy) is 1. The summed E-state index contributed by atoms with van der Waals surface area (Å²) in [6, 6.07) is 8.59. The number of anilines is 2. The van der Waals surface area contributed by atoms with Gasteiger partial charge in [-0.2, -0.15) is 0 Å². The highest BCUT2D eigenvalue weighted by Gasteiger charge is 2.24. The van der Waals surface area contributed by atoms with Gasteiger partial charge in [0.05, 0.1) is 11.7 Å². The number of nitrogens with zero attached hydrogens (tertiary/aromatic N) is 2. The van der Waals surface area contributed by atoms with Crippen molar-refractivity contribution in [2.24, 2.45) is 0 Å². The van der Waals surface area contributed by atoms with Gasteiger partial charge in [0.15, 0.2) is 6.61 Å². The highest BCUT2D eigenvalue weighted by atomic mass is 16.5. The van der Waals surface area contributed by atoms with E-state index in [2.05, 4.69) is 15.6 Å². The summed E-state index contributed by atoms with van der Waals surface area (Å²) in [6.07, 6.45) is 1.75. The number of benzene rings is 1. The third-order valence-electron chi connectivity index (χ3n) is 4.26. The number of rotatable bonds is 4. The van der Waals surface area contributed by atoms with Crippen LogP contribution in [-0.2, 0) is 4.79 Å². The van der Waals surface area contributed by atoms with Gasteiger partial charge in [0.1, 0.15) is 5.75 Å². The van der Waals surface area contributed by atoms with Gasteiger partial charge in [-0.1, -0.05) is 6.07 Å². The highest BCUT2D eigenvalue weighted by molar-refractivity contribution is 5.99. The van der Waals surface area contributed by atoms with Crippen molar-refractivity contribution < 1.29 is 14.3 Å². The van der Waals surface area contributed by atoms with E-state index in [-0.39, 0.29) is 24.6 Å². The van der Waals surface area contributed by atoms with Crippen molar-refractivity contribution in [1.82, 2.24) is 10.3 Å². The zero-order valence-corrected chi connectivity index (χ0v) is 15.1. The molecule has 2 aromatic rings. The summed E-state index contributed by atoms with van der Waals surface area (Å²) < 4.78 is 5.43. The Morgan fingerprint density at radius 3 is 2.85 bits per heavy atom. The zero-order valence-electron chi connectivity index (χ0n) is 15.1. The molecule has 1 aromatic heterocycles. The van der Waals surface area contributed by atoms with Crippen molar-refractivity contribution in [3.05, 3.63) is 47.8 Å². The van der Waals surface area contributed by atoms with Crippen LogP contribution in [0.4, 0.5) is 16.2 Å². The fourth-order valence-electron chi connectivity index (χ4n) is 2.81. The molecule has 3 rings (SSSR count). The molecular weight excluding hydrogens is 332 g/mol. The lowest BCUT2D eigenvalue weighted by atomic mass is 10.1. The molecule has 0 fully saturated rings. The van der Waals surface area contributed by atoms with Crippen LogP contribution < -0.4 is 20.3 Å². The van der Waals surface area contributed by atoms with Gasteiger partial charge >= 0.3 is 6.03 Å². The standard InChI is InChI=1S/C19H22N4O3/c1-4-23-16-9-15(7-8-17(16)26-11-18(23)24)22-19(25)21-13(3)14-6-5-12(2)20-10-14/h5-10,13H,4,11H2,1-3H3,(H2,21,22,25)/t13-/m1/s1. The number of hydrogen-bond acceptors (Lipinski definition) is 4. The number of aromatic nitrogens is 1. The molecule has 1 aliphatic heterocycles. The van der Waals surface area contributed by atoms with Gasteiger partial charge in [0, 0.05) is 24.1 Å². The zero-order chi connectivity index (χ0) is 18.7. The molecule has 0 saturated carbocycles. The van der Waals surface area contributed by atoms with Crippen LogP contribution in [0.1, 0.15) is 31.1 Å². The number of aryl methyl sites for hydroxylation is 1. The molecule has 1 atom stereocenters. The number of fused-ring (bicyclic) bond motifs is 1. The van der Waals surface area contributed by atoms with Gasteiger partial charge in [0.2, 0.25) is 0 Å². The van der Waals surface area contributed by atoms with E-state index < -0.39 is 0 Å². The van der Waals surface area contributed by atoms with Crippen LogP contribution >= 0.6 is 0 Å². The quantitative estimate of drug-likeness (QED) is 0.884. The molecule has 2 N–H and O–H groups in total. The minimum absolute atomic E-state index is 0.0379. The number of pyridine rings is 1. The summed E-state index contributed by atoms with van der Waals surface area (Å²) >= 11 is 0. The van der Waals surface area contributed by atoms with Gasteiger partial charge in [-0.3, -0.25) is 9.78 Å². The first-order valence-electron chi connectivity index (χ1n) is 8.55. The topological polar surface area (TPSA) is 83.6 Å². The van der Waals surface area contributed by atoms with E-state index in [1.54, 1.807) is 29.3 Å². The minimum Gasteiger partial charge on any atom is -0.482 e. The second-order valence-corrected chi connectivity index (χ2v) is 6.16. The van der Waals surface area contributed by atoms with E-state index in [0.717, 1.165) is 11.3 Å². The summed E-state index contributed by atoms with van der Waals surface area (Å²) in [7, 11) is 0. The summed E-state index contributed by atoms with van der Waals surface area (Å²) in [4.78, 5) is 30.1.